The van der Waals surface area contributed by atoms with Crippen LogP contribution in [0.2, 0.25) is 0 Å². The van der Waals surface area contributed by atoms with E-state index in [2.05, 4.69) is 19.2 Å². The Morgan fingerprint density at radius 1 is 0.950 bits per heavy atom. The third kappa shape index (κ3) is 2.16. The van der Waals surface area contributed by atoms with Gasteiger partial charge in [0, 0.05) is 0 Å². The Kier molecular flexibility index (Phi) is 3.18. The summed E-state index contributed by atoms with van der Waals surface area (Å²) in [6, 6.07) is 11.6. The van der Waals surface area contributed by atoms with Crippen molar-refractivity contribution < 1.29 is 9.53 Å². The molecular formula is C17H17NO2. The van der Waals surface area contributed by atoms with Gasteiger partial charge in [-0.1, -0.05) is 26.0 Å². The van der Waals surface area contributed by atoms with Crippen molar-refractivity contribution >= 4 is 11.6 Å². The molecule has 0 saturated heterocycles. The van der Waals surface area contributed by atoms with E-state index in [4.69, 9.17) is 4.74 Å². The van der Waals surface area contributed by atoms with Crippen LogP contribution >= 0.6 is 0 Å². The zero-order chi connectivity index (χ0) is 14.1. The van der Waals surface area contributed by atoms with Gasteiger partial charge in [-0.15, -0.1) is 0 Å². The van der Waals surface area contributed by atoms with Gasteiger partial charge in [0.25, 0.3) is 5.91 Å². The fourth-order valence-corrected chi connectivity index (χ4v) is 2.34. The summed E-state index contributed by atoms with van der Waals surface area (Å²) in [6.45, 7) is 4.18. The smallest absolute Gasteiger partial charge is 0.259 e. The number of benzene rings is 2. The molecule has 3 heteroatoms. The molecule has 0 fully saturated rings. The number of nitrogens with one attached hydrogen (secondary N) is 1. The molecule has 0 bridgehead atoms. The average molecular weight is 267 g/mol. The molecule has 1 N–H and O–H groups in total. The fourth-order valence-electron chi connectivity index (χ4n) is 2.34. The van der Waals surface area contributed by atoms with Crippen molar-refractivity contribution in [2.45, 2.75) is 26.7 Å². The number of aryl methyl sites for hydroxylation is 2. The summed E-state index contributed by atoms with van der Waals surface area (Å²) in [5.74, 6) is 1.23. The van der Waals surface area contributed by atoms with Crippen molar-refractivity contribution in [3.8, 4) is 11.5 Å². The topological polar surface area (TPSA) is 38.3 Å². The lowest BCUT2D eigenvalue weighted by molar-refractivity contribution is 0.102. The van der Waals surface area contributed by atoms with E-state index in [0.29, 0.717) is 17.1 Å². The maximum absolute atomic E-state index is 12.2. The van der Waals surface area contributed by atoms with E-state index < -0.39 is 0 Å². The summed E-state index contributed by atoms with van der Waals surface area (Å²) in [5, 5.41) is 2.90. The second-order valence-electron chi connectivity index (χ2n) is 4.92. The SMILES string of the molecule is CCc1ccc2c(c1)Oc1cc(CC)ccc1C(=O)N2. The van der Waals surface area contributed by atoms with Crippen LogP contribution in [-0.4, -0.2) is 5.91 Å². The molecule has 0 atom stereocenters. The molecule has 1 aliphatic heterocycles. The minimum absolute atomic E-state index is 0.120. The molecule has 3 rings (SSSR count). The van der Waals surface area contributed by atoms with Crippen LogP contribution in [0, 0.1) is 0 Å². The highest BCUT2D eigenvalue weighted by Gasteiger charge is 2.21. The molecule has 0 radical (unpaired) electrons. The molecule has 0 saturated carbocycles. The Morgan fingerprint density at radius 2 is 1.60 bits per heavy atom. The predicted octanol–water partition coefficient (Wildman–Crippen LogP) is 4.17. The van der Waals surface area contributed by atoms with Crippen LogP contribution in [0.1, 0.15) is 35.3 Å². The summed E-state index contributed by atoms with van der Waals surface area (Å²) >= 11 is 0. The van der Waals surface area contributed by atoms with Crippen LogP contribution in [0.3, 0.4) is 0 Å². The van der Waals surface area contributed by atoms with Crippen LogP contribution in [0.15, 0.2) is 36.4 Å². The van der Waals surface area contributed by atoms with E-state index in [1.807, 2.05) is 36.4 Å². The number of hydrogen-bond acceptors (Lipinski definition) is 2. The van der Waals surface area contributed by atoms with Crippen molar-refractivity contribution in [2.24, 2.45) is 0 Å². The molecule has 1 aliphatic rings. The van der Waals surface area contributed by atoms with Crippen molar-refractivity contribution in [1.82, 2.24) is 0 Å². The van der Waals surface area contributed by atoms with E-state index in [0.717, 1.165) is 24.1 Å². The quantitative estimate of drug-likeness (QED) is 0.886. The lowest BCUT2D eigenvalue weighted by Gasteiger charge is -2.10. The lowest BCUT2D eigenvalue weighted by atomic mass is 10.1. The minimum atomic E-state index is -0.120. The van der Waals surface area contributed by atoms with Crippen LogP contribution < -0.4 is 10.1 Å². The number of amides is 1. The molecule has 0 unspecified atom stereocenters. The Bertz CT molecular complexity index is 677. The summed E-state index contributed by atoms with van der Waals surface area (Å²) in [4.78, 5) is 12.2. The van der Waals surface area contributed by atoms with E-state index in [-0.39, 0.29) is 5.91 Å². The Balaban J connectivity index is 2.11. The van der Waals surface area contributed by atoms with Gasteiger partial charge in [-0.2, -0.15) is 0 Å². The molecule has 102 valence electrons. The molecule has 3 nitrogen and oxygen atoms in total. The first-order valence-electron chi connectivity index (χ1n) is 6.96. The summed E-state index contributed by atoms with van der Waals surface area (Å²) < 4.78 is 5.97. The Labute approximate surface area is 118 Å². The second kappa shape index (κ2) is 5.00. The highest BCUT2D eigenvalue weighted by molar-refractivity contribution is 6.08. The summed E-state index contributed by atoms with van der Waals surface area (Å²) in [7, 11) is 0. The monoisotopic (exact) mass is 267 g/mol. The van der Waals surface area contributed by atoms with E-state index in [9.17, 15) is 4.79 Å². The first-order valence-corrected chi connectivity index (χ1v) is 6.96. The first kappa shape index (κ1) is 12.7. The maximum atomic E-state index is 12.2. The van der Waals surface area contributed by atoms with Gasteiger partial charge in [-0.3, -0.25) is 4.79 Å². The minimum Gasteiger partial charge on any atom is -0.454 e. The third-order valence-electron chi connectivity index (χ3n) is 3.62. The zero-order valence-electron chi connectivity index (χ0n) is 11.7. The van der Waals surface area contributed by atoms with Gasteiger partial charge in [0.15, 0.2) is 5.75 Å². The van der Waals surface area contributed by atoms with Crippen LogP contribution in [-0.2, 0) is 12.8 Å². The molecule has 0 aliphatic carbocycles. The highest BCUT2D eigenvalue weighted by Crippen LogP contribution is 2.36. The van der Waals surface area contributed by atoms with E-state index >= 15 is 0 Å². The van der Waals surface area contributed by atoms with Crippen molar-refractivity contribution in [2.75, 3.05) is 5.32 Å². The second-order valence-corrected chi connectivity index (χ2v) is 4.92. The van der Waals surface area contributed by atoms with Crippen LogP contribution in [0.25, 0.3) is 0 Å². The number of carbonyl (C=O) groups excluding carboxylic acids is 1. The van der Waals surface area contributed by atoms with Crippen LogP contribution in [0.4, 0.5) is 5.69 Å². The molecule has 2 aromatic rings. The molecule has 0 aromatic heterocycles. The van der Waals surface area contributed by atoms with Gasteiger partial charge in [0.05, 0.1) is 11.3 Å². The van der Waals surface area contributed by atoms with E-state index in [1.54, 1.807) is 0 Å². The standard InChI is InChI=1S/C17H17NO2/c1-3-11-5-7-13-15(9-11)20-16-10-12(4-2)6-8-14(16)18-17(13)19/h5-10H,3-4H2,1-2H3,(H,18,19). The predicted molar refractivity (Wildman–Crippen MR) is 79.7 cm³/mol. The Morgan fingerprint density at radius 3 is 2.30 bits per heavy atom. The molecule has 0 spiro atoms. The molecule has 20 heavy (non-hydrogen) atoms. The van der Waals surface area contributed by atoms with Gasteiger partial charge >= 0.3 is 0 Å². The van der Waals surface area contributed by atoms with E-state index in [1.165, 1.54) is 5.56 Å². The van der Waals surface area contributed by atoms with Gasteiger partial charge in [-0.25, -0.2) is 0 Å². The number of rotatable bonds is 2. The number of carbonyl (C=O) groups is 1. The Hall–Kier alpha value is -2.29. The van der Waals surface area contributed by atoms with Gasteiger partial charge in [-0.05, 0) is 48.2 Å². The number of anilines is 1. The average Bonchev–Trinajstić information content (AvgIpc) is 2.61. The van der Waals surface area contributed by atoms with Gasteiger partial charge in [0.2, 0.25) is 0 Å². The van der Waals surface area contributed by atoms with Gasteiger partial charge in [0.1, 0.15) is 5.75 Å². The fraction of sp³-hybridized carbons (Fsp3) is 0.235. The molecule has 1 heterocycles. The number of fused-ring (bicyclic) bond motifs is 2. The summed E-state index contributed by atoms with van der Waals surface area (Å²) in [6.07, 6.45) is 1.85. The molecule has 2 aromatic carbocycles. The molecule has 1 amide bonds. The van der Waals surface area contributed by atoms with Crippen LogP contribution in [0.5, 0.6) is 11.5 Å². The highest BCUT2D eigenvalue weighted by atomic mass is 16.5. The number of ether oxygens (including phenoxy) is 1. The third-order valence-corrected chi connectivity index (χ3v) is 3.62. The normalized spacial score (nSPS) is 12.8. The maximum Gasteiger partial charge on any atom is 0.259 e. The van der Waals surface area contributed by atoms with Crippen molar-refractivity contribution in [3.05, 3.63) is 53.1 Å². The molecular weight excluding hydrogens is 250 g/mol. The zero-order valence-corrected chi connectivity index (χ0v) is 11.7. The van der Waals surface area contributed by atoms with Crippen molar-refractivity contribution in [3.63, 3.8) is 0 Å². The lowest BCUT2D eigenvalue weighted by Crippen LogP contribution is -2.10. The number of hydrogen-bond donors (Lipinski definition) is 1. The largest absolute Gasteiger partial charge is 0.454 e. The first-order chi connectivity index (χ1) is 9.71. The summed E-state index contributed by atoms with van der Waals surface area (Å²) in [5.41, 5.74) is 3.65. The van der Waals surface area contributed by atoms with Crippen molar-refractivity contribution in [1.29, 1.82) is 0 Å². The van der Waals surface area contributed by atoms with Gasteiger partial charge < -0.3 is 10.1 Å².